The van der Waals surface area contributed by atoms with E-state index < -0.39 is 0 Å². The first-order valence-electron chi connectivity index (χ1n) is 5.59. The maximum atomic E-state index is 4.66. The van der Waals surface area contributed by atoms with Gasteiger partial charge >= 0.3 is 0 Å². The maximum absolute atomic E-state index is 4.66. The number of hydrogen-bond acceptors (Lipinski definition) is 2. The van der Waals surface area contributed by atoms with Gasteiger partial charge in [0.15, 0.2) is 0 Å². The summed E-state index contributed by atoms with van der Waals surface area (Å²) in [6.07, 6.45) is 0. The van der Waals surface area contributed by atoms with Gasteiger partial charge in [0.05, 0.1) is 15.2 Å². The van der Waals surface area contributed by atoms with Crippen molar-refractivity contribution in [3.8, 4) is 0 Å². The molecule has 4 rings (SSSR count). The fraction of sp³-hybridized carbons (Fsp3) is 0.0714. The van der Waals surface area contributed by atoms with Gasteiger partial charge in [-0.3, -0.25) is 0 Å². The third kappa shape index (κ3) is 1.17. The molecular formula is C14H10N2S. The average molecular weight is 238 g/mol. The highest BCUT2D eigenvalue weighted by Gasteiger charge is 2.10. The molecule has 0 fully saturated rings. The molecule has 0 spiro atoms. The molecule has 2 nitrogen and oxygen atoms in total. The van der Waals surface area contributed by atoms with Crippen LogP contribution in [0.3, 0.4) is 0 Å². The SMILES string of the molecule is Cc1nc2c(ccc3[nH]c4ccccc4c32)s1. The summed E-state index contributed by atoms with van der Waals surface area (Å²) in [5.41, 5.74) is 3.48. The number of para-hydroxylation sites is 1. The molecule has 0 bridgehead atoms. The van der Waals surface area contributed by atoms with E-state index in [4.69, 9.17) is 0 Å². The zero-order chi connectivity index (χ0) is 11.4. The summed E-state index contributed by atoms with van der Waals surface area (Å²) < 4.78 is 1.26. The lowest BCUT2D eigenvalue weighted by molar-refractivity contribution is 1.35. The number of benzene rings is 2. The van der Waals surface area contributed by atoms with E-state index in [0.717, 1.165) is 10.5 Å². The van der Waals surface area contributed by atoms with Crippen molar-refractivity contribution >= 4 is 43.4 Å². The number of thiazole rings is 1. The molecule has 2 aromatic heterocycles. The molecule has 0 radical (unpaired) electrons. The third-order valence-corrected chi connectivity index (χ3v) is 4.07. The quantitative estimate of drug-likeness (QED) is 0.487. The highest BCUT2D eigenvalue weighted by Crippen LogP contribution is 2.33. The van der Waals surface area contributed by atoms with Crippen LogP contribution in [-0.2, 0) is 0 Å². The van der Waals surface area contributed by atoms with Gasteiger partial charge in [-0.05, 0) is 25.1 Å². The first kappa shape index (κ1) is 9.19. The molecular weight excluding hydrogens is 228 g/mol. The molecule has 0 aliphatic heterocycles. The summed E-state index contributed by atoms with van der Waals surface area (Å²) in [4.78, 5) is 8.11. The van der Waals surface area contributed by atoms with E-state index in [1.54, 1.807) is 11.3 Å². The Bertz CT molecular complexity index is 854. The predicted octanol–water partition coefficient (Wildman–Crippen LogP) is 4.24. The number of hydrogen-bond donors (Lipinski definition) is 1. The van der Waals surface area contributed by atoms with Gasteiger partial charge in [-0.1, -0.05) is 18.2 Å². The Kier molecular flexibility index (Phi) is 1.66. The van der Waals surface area contributed by atoms with Gasteiger partial charge in [-0.2, -0.15) is 0 Å². The molecule has 3 heteroatoms. The predicted molar refractivity (Wildman–Crippen MR) is 73.7 cm³/mol. The number of aromatic amines is 1. The Balaban J connectivity index is 2.37. The van der Waals surface area contributed by atoms with E-state index in [-0.39, 0.29) is 0 Å². The summed E-state index contributed by atoms with van der Waals surface area (Å²) in [7, 11) is 0. The van der Waals surface area contributed by atoms with Crippen molar-refractivity contribution in [3.05, 3.63) is 41.4 Å². The van der Waals surface area contributed by atoms with Crippen LogP contribution in [0.4, 0.5) is 0 Å². The summed E-state index contributed by atoms with van der Waals surface area (Å²) in [6.45, 7) is 2.06. The van der Waals surface area contributed by atoms with E-state index in [2.05, 4.69) is 53.3 Å². The van der Waals surface area contributed by atoms with Crippen molar-refractivity contribution in [3.63, 3.8) is 0 Å². The highest BCUT2D eigenvalue weighted by atomic mass is 32.1. The number of H-pyrrole nitrogens is 1. The summed E-state index contributed by atoms with van der Waals surface area (Å²) >= 11 is 1.75. The number of nitrogens with one attached hydrogen (secondary N) is 1. The summed E-state index contributed by atoms with van der Waals surface area (Å²) in [6, 6.07) is 12.7. The average Bonchev–Trinajstić information content (AvgIpc) is 2.87. The van der Waals surface area contributed by atoms with Crippen LogP contribution in [-0.4, -0.2) is 9.97 Å². The van der Waals surface area contributed by atoms with Gasteiger partial charge in [0, 0.05) is 21.8 Å². The summed E-state index contributed by atoms with van der Waals surface area (Å²) in [5.74, 6) is 0. The molecule has 0 unspecified atom stereocenters. The van der Waals surface area contributed by atoms with Gasteiger partial charge < -0.3 is 4.98 Å². The maximum Gasteiger partial charge on any atom is 0.0915 e. The van der Waals surface area contributed by atoms with Crippen molar-refractivity contribution < 1.29 is 0 Å². The van der Waals surface area contributed by atoms with Crippen molar-refractivity contribution in [2.45, 2.75) is 6.92 Å². The molecule has 0 atom stereocenters. The molecule has 0 aliphatic rings. The van der Waals surface area contributed by atoms with Gasteiger partial charge in [-0.25, -0.2) is 4.98 Å². The number of aryl methyl sites for hydroxylation is 1. The lowest BCUT2D eigenvalue weighted by Gasteiger charge is -1.92. The van der Waals surface area contributed by atoms with Gasteiger partial charge in [0.2, 0.25) is 0 Å². The largest absolute Gasteiger partial charge is 0.354 e. The fourth-order valence-corrected chi connectivity index (χ4v) is 3.27. The molecule has 2 heterocycles. The highest BCUT2D eigenvalue weighted by molar-refractivity contribution is 7.18. The number of fused-ring (bicyclic) bond motifs is 5. The molecule has 82 valence electrons. The van der Waals surface area contributed by atoms with E-state index in [0.29, 0.717) is 0 Å². The Morgan fingerprint density at radius 3 is 2.88 bits per heavy atom. The normalized spacial score (nSPS) is 11.8. The van der Waals surface area contributed by atoms with E-state index in [1.165, 1.54) is 26.5 Å². The molecule has 1 N–H and O–H groups in total. The molecule has 0 saturated carbocycles. The minimum atomic E-state index is 1.12. The second kappa shape index (κ2) is 3.08. The Labute approximate surface area is 102 Å². The van der Waals surface area contributed by atoms with Crippen LogP contribution in [0.2, 0.25) is 0 Å². The van der Waals surface area contributed by atoms with E-state index in [9.17, 15) is 0 Å². The minimum absolute atomic E-state index is 1.12. The van der Waals surface area contributed by atoms with Crippen LogP contribution in [0.5, 0.6) is 0 Å². The van der Waals surface area contributed by atoms with Gasteiger partial charge in [0.1, 0.15) is 0 Å². The van der Waals surface area contributed by atoms with E-state index in [1.807, 2.05) is 0 Å². The molecule has 2 aromatic carbocycles. The van der Waals surface area contributed by atoms with Gasteiger partial charge in [-0.15, -0.1) is 11.3 Å². The van der Waals surface area contributed by atoms with Crippen molar-refractivity contribution in [2.24, 2.45) is 0 Å². The molecule has 17 heavy (non-hydrogen) atoms. The van der Waals surface area contributed by atoms with Crippen molar-refractivity contribution in [1.29, 1.82) is 0 Å². The van der Waals surface area contributed by atoms with Crippen LogP contribution in [0.15, 0.2) is 36.4 Å². The Hall–Kier alpha value is -1.87. The molecule has 0 aliphatic carbocycles. The lowest BCUT2D eigenvalue weighted by atomic mass is 10.1. The Morgan fingerprint density at radius 2 is 1.94 bits per heavy atom. The number of nitrogens with zero attached hydrogens (tertiary/aromatic N) is 1. The monoisotopic (exact) mass is 238 g/mol. The van der Waals surface area contributed by atoms with Crippen LogP contribution in [0.1, 0.15) is 5.01 Å². The smallest absolute Gasteiger partial charge is 0.0915 e. The second-order valence-corrected chi connectivity index (χ2v) is 5.47. The van der Waals surface area contributed by atoms with Crippen molar-refractivity contribution in [2.75, 3.05) is 0 Å². The summed E-state index contributed by atoms with van der Waals surface area (Å²) in [5, 5.41) is 3.64. The standard InChI is InChI=1S/C14H10N2S/c1-8-15-14-12(17-8)7-6-11-13(14)9-4-2-3-5-10(9)16-11/h2-7,16H,1H3. The molecule has 0 amide bonds. The first-order valence-corrected chi connectivity index (χ1v) is 6.41. The third-order valence-electron chi connectivity index (χ3n) is 3.13. The minimum Gasteiger partial charge on any atom is -0.354 e. The van der Waals surface area contributed by atoms with Crippen LogP contribution >= 0.6 is 11.3 Å². The lowest BCUT2D eigenvalue weighted by Crippen LogP contribution is -1.72. The van der Waals surface area contributed by atoms with E-state index >= 15 is 0 Å². The van der Waals surface area contributed by atoms with Crippen LogP contribution in [0, 0.1) is 6.92 Å². The van der Waals surface area contributed by atoms with Crippen LogP contribution < -0.4 is 0 Å². The zero-order valence-electron chi connectivity index (χ0n) is 9.32. The molecule has 0 saturated heterocycles. The fourth-order valence-electron chi connectivity index (χ4n) is 2.44. The topological polar surface area (TPSA) is 28.7 Å². The Morgan fingerprint density at radius 1 is 1.06 bits per heavy atom. The van der Waals surface area contributed by atoms with Gasteiger partial charge in [0.25, 0.3) is 0 Å². The first-order chi connectivity index (χ1) is 8.33. The number of aromatic nitrogens is 2. The number of rotatable bonds is 0. The van der Waals surface area contributed by atoms with Crippen molar-refractivity contribution in [1.82, 2.24) is 9.97 Å². The molecule has 4 aromatic rings. The van der Waals surface area contributed by atoms with Crippen LogP contribution in [0.25, 0.3) is 32.0 Å². The second-order valence-electron chi connectivity index (χ2n) is 4.24. The zero-order valence-corrected chi connectivity index (χ0v) is 10.1.